The minimum absolute atomic E-state index is 0.0260. The predicted octanol–water partition coefficient (Wildman–Crippen LogP) is 9.68. The Morgan fingerprint density at radius 2 is 0.980 bits per heavy atom. The number of azo groups is 1. The Labute approximate surface area is 285 Å². The van der Waals surface area contributed by atoms with Crippen molar-refractivity contribution in [1.29, 1.82) is 0 Å². The highest BCUT2D eigenvalue weighted by molar-refractivity contribution is 5.59. The van der Waals surface area contributed by atoms with Crippen LogP contribution in [0.4, 0.5) is 17.1 Å². The molecule has 49 heavy (non-hydrogen) atoms. The van der Waals surface area contributed by atoms with Crippen molar-refractivity contribution in [2.45, 2.75) is 52.4 Å². The molecule has 0 amide bonds. The first-order valence-corrected chi connectivity index (χ1v) is 16.6. The molecule has 0 heterocycles. The van der Waals surface area contributed by atoms with Crippen LogP contribution in [0.5, 0.6) is 23.0 Å². The number of nitrogens with zero attached hydrogens (tertiary/aromatic N) is 3. The summed E-state index contributed by atoms with van der Waals surface area (Å²) >= 11 is 0. The lowest BCUT2D eigenvalue weighted by Crippen LogP contribution is -2.07. The molecular weight excluding hydrogens is 618 g/mol. The maximum absolute atomic E-state index is 11.8. The zero-order valence-corrected chi connectivity index (χ0v) is 27.7. The second-order valence-electron chi connectivity index (χ2n) is 12.2. The van der Waals surface area contributed by atoms with Crippen molar-refractivity contribution in [2.75, 3.05) is 13.2 Å². The number of nitro benzene ring substituents is 1. The van der Waals surface area contributed by atoms with Crippen molar-refractivity contribution in [3.63, 3.8) is 0 Å². The van der Waals surface area contributed by atoms with E-state index < -0.39 is 4.92 Å². The third-order valence-corrected chi connectivity index (χ3v) is 8.58. The summed E-state index contributed by atoms with van der Waals surface area (Å²) in [6, 6.07) is 27.4. The number of benzene rings is 5. The van der Waals surface area contributed by atoms with Gasteiger partial charge in [-0.05, 0) is 70.5 Å². The van der Waals surface area contributed by atoms with Gasteiger partial charge < -0.3 is 19.7 Å². The third kappa shape index (κ3) is 7.56. The van der Waals surface area contributed by atoms with Gasteiger partial charge in [-0.1, -0.05) is 68.4 Å². The van der Waals surface area contributed by atoms with Gasteiger partial charge >= 0.3 is 0 Å². The molecule has 9 nitrogen and oxygen atoms in total. The van der Waals surface area contributed by atoms with Crippen LogP contribution >= 0.6 is 0 Å². The van der Waals surface area contributed by atoms with Gasteiger partial charge in [0.2, 0.25) is 0 Å². The normalized spacial score (nSPS) is 12.5. The molecule has 0 saturated heterocycles. The van der Waals surface area contributed by atoms with Crippen LogP contribution < -0.4 is 9.47 Å². The summed E-state index contributed by atoms with van der Waals surface area (Å²) in [5.41, 5.74) is 7.54. The van der Waals surface area contributed by atoms with E-state index in [9.17, 15) is 20.3 Å². The first-order valence-electron chi connectivity index (χ1n) is 16.6. The molecule has 0 aliphatic heterocycles. The van der Waals surface area contributed by atoms with Gasteiger partial charge in [-0.25, -0.2) is 0 Å². The van der Waals surface area contributed by atoms with E-state index in [-0.39, 0.29) is 17.2 Å². The number of para-hydroxylation sites is 3. The fourth-order valence-corrected chi connectivity index (χ4v) is 6.19. The number of nitro groups is 1. The topological polar surface area (TPSA) is 127 Å². The summed E-state index contributed by atoms with van der Waals surface area (Å²) in [7, 11) is 0. The van der Waals surface area contributed by atoms with Gasteiger partial charge in [0, 0.05) is 48.9 Å². The number of phenols is 2. The smallest absolute Gasteiger partial charge is 0.269 e. The summed E-state index contributed by atoms with van der Waals surface area (Å²) in [5.74, 6) is 1.89. The summed E-state index contributed by atoms with van der Waals surface area (Å²) in [6.45, 7) is 5.15. The average Bonchev–Trinajstić information content (AvgIpc) is 3.10. The quantitative estimate of drug-likeness (QED) is 0.0905. The molecule has 0 unspecified atom stereocenters. The van der Waals surface area contributed by atoms with Crippen LogP contribution in [0.25, 0.3) is 0 Å². The lowest BCUT2D eigenvalue weighted by atomic mass is 9.91. The van der Waals surface area contributed by atoms with Crippen LogP contribution in [-0.2, 0) is 25.7 Å². The summed E-state index contributed by atoms with van der Waals surface area (Å²) in [6.07, 6.45) is 3.29. The maximum atomic E-state index is 11.8. The van der Waals surface area contributed by atoms with Crippen molar-refractivity contribution < 1.29 is 24.6 Å². The molecular formula is C40H39N3O6. The molecule has 1 aliphatic rings. The molecule has 8 bridgehead atoms. The van der Waals surface area contributed by atoms with Crippen molar-refractivity contribution in [3.05, 3.63) is 146 Å². The number of non-ortho nitro benzene ring substituents is 1. The second-order valence-corrected chi connectivity index (χ2v) is 12.2. The Morgan fingerprint density at radius 1 is 0.592 bits per heavy atom. The maximum Gasteiger partial charge on any atom is 0.269 e. The van der Waals surface area contributed by atoms with Gasteiger partial charge in [0.05, 0.1) is 29.5 Å². The fourth-order valence-electron chi connectivity index (χ4n) is 6.19. The SMILES string of the molecule is CCCOc1c2cccc1Cc1cc(N=Nc3ccc([N+](=O)[O-])cc3)cc(c1O)Cc1cccc(c1OCCC)Cc1cccc(c1O)C2. The van der Waals surface area contributed by atoms with E-state index in [0.717, 1.165) is 57.7 Å². The number of phenolic OH excluding ortho intramolecular Hbond substituents is 2. The molecule has 0 saturated carbocycles. The molecule has 1 aliphatic carbocycles. The van der Waals surface area contributed by atoms with Gasteiger partial charge in [-0.15, -0.1) is 0 Å². The number of fused-ring (bicyclic) bond motifs is 8. The van der Waals surface area contributed by atoms with Gasteiger partial charge in [0.25, 0.3) is 5.69 Å². The highest BCUT2D eigenvalue weighted by Crippen LogP contribution is 2.40. The fraction of sp³-hybridized carbons (Fsp3) is 0.250. The number of hydrogen-bond donors (Lipinski definition) is 2. The molecule has 0 fully saturated rings. The highest BCUT2D eigenvalue weighted by atomic mass is 16.6. The van der Waals surface area contributed by atoms with Crippen LogP contribution in [0.15, 0.2) is 101 Å². The zero-order chi connectivity index (χ0) is 34.3. The van der Waals surface area contributed by atoms with Crippen molar-refractivity contribution in [1.82, 2.24) is 0 Å². The van der Waals surface area contributed by atoms with Crippen molar-refractivity contribution in [3.8, 4) is 23.0 Å². The zero-order valence-electron chi connectivity index (χ0n) is 27.7. The number of hydrogen-bond acceptors (Lipinski definition) is 8. The summed E-state index contributed by atoms with van der Waals surface area (Å²) in [4.78, 5) is 10.7. The minimum Gasteiger partial charge on any atom is -0.507 e. The molecule has 0 aromatic heterocycles. The third-order valence-electron chi connectivity index (χ3n) is 8.58. The van der Waals surface area contributed by atoms with Crippen LogP contribution in [0.3, 0.4) is 0 Å². The lowest BCUT2D eigenvalue weighted by molar-refractivity contribution is -0.384. The monoisotopic (exact) mass is 657 g/mol. The van der Waals surface area contributed by atoms with Crippen LogP contribution in [-0.4, -0.2) is 28.4 Å². The van der Waals surface area contributed by atoms with E-state index in [1.54, 1.807) is 12.1 Å². The van der Waals surface area contributed by atoms with E-state index in [1.807, 2.05) is 66.7 Å². The highest BCUT2D eigenvalue weighted by Gasteiger charge is 2.21. The van der Waals surface area contributed by atoms with E-state index in [4.69, 9.17) is 9.47 Å². The van der Waals surface area contributed by atoms with Gasteiger partial charge in [-0.2, -0.15) is 10.2 Å². The Balaban J connectivity index is 1.52. The van der Waals surface area contributed by atoms with Gasteiger partial charge in [0.1, 0.15) is 23.0 Å². The Bertz CT molecular complexity index is 1900. The number of aromatic hydroxyl groups is 2. The predicted molar refractivity (Wildman–Crippen MR) is 189 cm³/mol. The Morgan fingerprint density at radius 3 is 1.41 bits per heavy atom. The Hall–Kier alpha value is -5.70. The van der Waals surface area contributed by atoms with E-state index >= 15 is 0 Å². The molecule has 0 radical (unpaired) electrons. The van der Waals surface area contributed by atoms with Gasteiger partial charge in [-0.3, -0.25) is 10.1 Å². The molecule has 5 aromatic rings. The first kappa shape index (κ1) is 33.2. The van der Waals surface area contributed by atoms with Gasteiger partial charge in [0.15, 0.2) is 0 Å². The van der Waals surface area contributed by atoms with E-state index in [0.29, 0.717) is 61.4 Å². The second kappa shape index (κ2) is 15.0. The van der Waals surface area contributed by atoms with Crippen LogP contribution in [0.1, 0.15) is 71.2 Å². The first-order chi connectivity index (χ1) is 23.8. The van der Waals surface area contributed by atoms with Crippen LogP contribution in [0, 0.1) is 10.1 Å². The standard InChI is InChI=1S/C40H39N3O6/c1-3-18-48-39-28-10-6-12-30(39)22-32-24-35(42-41-34-14-16-36(17-15-34)43(46)47)25-33(38(32)45)23-31-13-7-11-29(40(31)49-19-4-2)21-27-9-5-8-26(20-28)37(27)44/h5-17,24-25,44-45H,3-4,18-23H2,1-2H3. The number of rotatable bonds is 9. The van der Waals surface area contributed by atoms with E-state index in [1.165, 1.54) is 12.1 Å². The van der Waals surface area contributed by atoms with E-state index in [2.05, 4.69) is 24.1 Å². The van der Waals surface area contributed by atoms with Crippen LogP contribution in [0.2, 0.25) is 0 Å². The molecule has 250 valence electrons. The molecule has 2 N–H and O–H groups in total. The van der Waals surface area contributed by atoms with Crippen molar-refractivity contribution >= 4 is 17.1 Å². The average molecular weight is 658 g/mol. The minimum atomic E-state index is -0.456. The summed E-state index contributed by atoms with van der Waals surface area (Å²) < 4.78 is 12.7. The summed E-state index contributed by atoms with van der Waals surface area (Å²) in [5, 5.41) is 43.4. The Kier molecular flexibility index (Phi) is 10.2. The lowest BCUT2D eigenvalue weighted by Gasteiger charge is -2.20. The molecule has 9 heteroatoms. The largest absolute Gasteiger partial charge is 0.507 e. The molecule has 0 spiro atoms. The molecule has 0 atom stereocenters. The molecule has 5 aromatic carbocycles. The number of ether oxygens (including phenoxy) is 2. The molecule has 6 rings (SSSR count). The van der Waals surface area contributed by atoms with Crippen molar-refractivity contribution in [2.24, 2.45) is 10.2 Å².